The Morgan fingerprint density at radius 1 is 1.00 bits per heavy atom. The van der Waals surface area contributed by atoms with Crippen molar-refractivity contribution in [3.8, 4) is 17.2 Å². The zero-order valence-corrected chi connectivity index (χ0v) is 18.4. The highest BCUT2D eigenvalue weighted by Crippen LogP contribution is 2.33. The van der Waals surface area contributed by atoms with Crippen molar-refractivity contribution in [1.29, 1.82) is 0 Å². The fourth-order valence-corrected chi connectivity index (χ4v) is 4.05. The predicted octanol–water partition coefficient (Wildman–Crippen LogP) is 5.54. The van der Waals surface area contributed by atoms with E-state index in [-0.39, 0.29) is 12.4 Å². The van der Waals surface area contributed by atoms with Gasteiger partial charge in [0, 0.05) is 3.57 Å². The van der Waals surface area contributed by atoms with E-state index in [0.29, 0.717) is 33.2 Å². The van der Waals surface area contributed by atoms with Crippen LogP contribution in [0.3, 0.4) is 0 Å². The lowest BCUT2D eigenvalue weighted by atomic mass is 10.1. The third-order valence-corrected chi connectivity index (χ3v) is 5.76. The van der Waals surface area contributed by atoms with Gasteiger partial charge in [0.1, 0.15) is 5.82 Å². The molecule has 0 aliphatic carbocycles. The van der Waals surface area contributed by atoms with E-state index >= 15 is 0 Å². The van der Waals surface area contributed by atoms with E-state index in [9.17, 15) is 4.79 Å². The number of nitrogens with zero attached hydrogens (tertiary/aromatic N) is 2. The average Bonchev–Trinajstić information content (AvgIpc) is 3.22. The summed E-state index contributed by atoms with van der Waals surface area (Å²) in [5.74, 6) is 1.90. The molecule has 1 aliphatic heterocycles. The van der Waals surface area contributed by atoms with E-state index in [1.807, 2.05) is 60.7 Å². The van der Waals surface area contributed by atoms with Crippen LogP contribution in [0.5, 0.6) is 11.5 Å². The van der Waals surface area contributed by atoms with Crippen LogP contribution in [0.2, 0.25) is 5.02 Å². The summed E-state index contributed by atoms with van der Waals surface area (Å²) in [7, 11) is 0. The molecule has 0 amide bonds. The first-order chi connectivity index (χ1) is 14.6. The summed E-state index contributed by atoms with van der Waals surface area (Å²) in [6.45, 7) is 0.222. The Balaban J connectivity index is 1.70. The Bertz CT molecular complexity index is 1380. The molecular formula is C23H14ClIN2O3. The van der Waals surface area contributed by atoms with Crippen molar-refractivity contribution in [2.24, 2.45) is 0 Å². The van der Waals surface area contributed by atoms with Gasteiger partial charge in [0.25, 0.3) is 5.56 Å². The molecule has 5 rings (SSSR count). The Kier molecular flexibility index (Phi) is 4.96. The number of hydrogen-bond acceptors (Lipinski definition) is 4. The largest absolute Gasteiger partial charge is 0.454 e. The van der Waals surface area contributed by atoms with Gasteiger partial charge in [-0.25, -0.2) is 4.98 Å². The van der Waals surface area contributed by atoms with Crippen molar-refractivity contribution >= 4 is 57.2 Å². The molecule has 3 aromatic carbocycles. The SMILES string of the molecule is O=c1c2cc(I)ccc2nc(/C=C/c2ccc3c(c2)OCO3)n1-c1ccccc1Cl. The summed E-state index contributed by atoms with van der Waals surface area (Å²) in [5.41, 5.74) is 1.95. The molecule has 4 aromatic rings. The van der Waals surface area contributed by atoms with E-state index in [2.05, 4.69) is 22.6 Å². The van der Waals surface area contributed by atoms with Crippen molar-refractivity contribution < 1.29 is 9.47 Å². The number of fused-ring (bicyclic) bond motifs is 2. The van der Waals surface area contributed by atoms with Crippen molar-refractivity contribution in [3.05, 3.63) is 91.0 Å². The van der Waals surface area contributed by atoms with E-state index in [0.717, 1.165) is 14.9 Å². The lowest BCUT2D eigenvalue weighted by Gasteiger charge is -2.13. The van der Waals surface area contributed by atoms with E-state index in [1.54, 1.807) is 16.7 Å². The number of halogens is 2. The molecule has 148 valence electrons. The van der Waals surface area contributed by atoms with Crippen LogP contribution in [-0.2, 0) is 0 Å². The van der Waals surface area contributed by atoms with Crippen LogP contribution in [0.4, 0.5) is 0 Å². The lowest BCUT2D eigenvalue weighted by Crippen LogP contribution is -2.22. The average molecular weight is 529 g/mol. The van der Waals surface area contributed by atoms with Gasteiger partial charge < -0.3 is 9.47 Å². The molecule has 0 saturated heterocycles. The van der Waals surface area contributed by atoms with Crippen molar-refractivity contribution in [2.75, 3.05) is 6.79 Å². The van der Waals surface area contributed by atoms with Crippen LogP contribution >= 0.6 is 34.2 Å². The summed E-state index contributed by atoms with van der Waals surface area (Å²) in [4.78, 5) is 18.1. The molecule has 0 unspecified atom stereocenters. The minimum Gasteiger partial charge on any atom is -0.454 e. The van der Waals surface area contributed by atoms with E-state index in [1.165, 1.54) is 0 Å². The topological polar surface area (TPSA) is 53.4 Å². The molecule has 0 radical (unpaired) electrons. The molecule has 0 spiro atoms. The van der Waals surface area contributed by atoms with Gasteiger partial charge in [0.2, 0.25) is 6.79 Å². The number of para-hydroxylation sites is 1. The number of hydrogen-bond donors (Lipinski definition) is 0. The molecule has 1 aromatic heterocycles. The number of rotatable bonds is 3. The molecule has 0 fully saturated rings. The van der Waals surface area contributed by atoms with Crippen LogP contribution in [0, 0.1) is 3.57 Å². The van der Waals surface area contributed by atoms with Crippen LogP contribution in [0.15, 0.2) is 65.5 Å². The number of benzene rings is 3. The fourth-order valence-electron chi connectivity index (χ4n) is 3.34. The Hall–Kier alpha value is -2.84. The first-order valence-corrected chi connectivity index (χ1v) is 10.6. The van der Waals surface area contributed by atoms with Gasteiger partial charge in [-0.15, -0.1) is 0 Å². The third-order valence-electron chi connectivity index (χ3n) is 4.77. The molecule has 30 heavy (non-hydrogen) atoms. The highest BCUT2D eigenvalue weighted by Gasteiger charge is 2.15. The first kappa shape index (κ1) is 19.1. The zero-order chi connectivity index (χ0) is 20.7. The monoisotopic (exact) mass is 528 g/mol. The molecule has 7 heteroatoms. The summed E-state index contributed by atoms with van der Waals surface area (Å²) >= 11 is 8.61. The van der Waals surface area contributed by atoms with Crippen LogP contribution < -0.4 is 15.0 Å². The minimum absolute atomic E-state index is 0.169. The quantitative estimate of drug-likeness (QED) is 0.328. The van der Waals surface area contributed by atoms with Crippen LogP contribution in [0.25, 0.3) is 28.7 Å². The maximum Gasteiger partial charge on any atom is 0.266 e. The predicted molar refractivity (Wildman–Crippen MR) is 127 cm³/mol. The molecule has 2 heterocycles. The van der Waals surface area contributed by atoms with E-state index in [4.69, 9.17) is 26.1 Å². The van der Waals surface area contributed by atoms with Gasteiger partial charge in [-0.1, -0.05) is 35.9 Å². The normalized spacial score (nSPS) is 12.7. The Morgan fingerprint density at radius 3 is 2.70 bits per heavy atom. The molecule has 0 atom stereocenters. The second-order valence-electron chi connectivity index (χ2n) is 6.67. The van der Waals surface area contributed by atoms with Crippen molar-refractivity contribution in [2.45, 2.75) is 0 Å². The fraction of sp³-hybridized carbons (Fsp3) is 0.0435. The van der Waals surface area contributed by atoms with E-state index < -0.39 is 0 Å². The molecule has 0 N–H and O–H groups in total. The maximum absolute atomic E-state index is 13.4. The van der Waals surface area contributed by atoms with Gasteiger partial charge in [-0.2, -0.15) is 0 Å². The van der Waals surface area contributed by atoms with Crippen LogP contribution in [0.1, 0.15) is 11.4 Å². The molecule has 0 bridgehead atoms. The summed E-state index contributed by atoms with van der Waals surface area (Å²) in [5, 5.41) is 1.02. The summed E-state index contributed by atoms with van der Waals surface area (Å²) in [6.07, 6.45) is 3.69. The molecule has 5 nitrogen and oxygen atoms in total. The van der Waals surface area contributed by atoms with Gasteiger partial charge >= 0.3 is 0 Å². The molecular weight excluding hydrogens is 515 g/mol. The summed E-state index contributed by atoms with van der Waals surface area (Å²) < 4.78 is 13.3. The Labute approximate surface area is 190 Å². The van der Waals surface area contributed by atoms with Gasteiger partial charge in [-0.3, -0.25) is 9.36 Å². The van der Waals surface area contributed by atoms with Crippen molar-refractivity contribution in [3.63, 3.8) is 0 Å². The second kappa shape index (κ2) is 7.77. The Morgan fingerprint density at radius 2 is 1.83 bits per heavy atom. The van der Waals surface area contributed by atoms with Crippen LogP contribution in [-0.4, -0.2) is 16.3 Å². The minimum atomic E-state index is -0.169. The van der Waals surface area contributed by atoms with Gasteiger partial charge in [-0.05, 0) is 76.7 Å². The standard InChI is InChI=1S/C23H14ClIN2O3/c24-17-3-1-2-4-19(17)27-22(26-18-8-7-15(25)12-16(18)23(27)28)10-6-14-5-9-20-21(11-14)30-13-29-20/h1-12H,13H2/b10-6+. The number of aromatic nitrogens is 2. The smallest absolute Gasteiger partial charge is 0.266 e. The third kappa shape index (κ3) is 3.46. The zero-order valence-electron chi connectivity index (χ0n) is 15.5. The highest BCUT2D eigenvalue weighted by atomic mass is 127. The van der Waals surface area contributed by atoms with Gasteiger partial charge in [0.05, 0.1) is 21.6 Å². The van der Waals surface area contributed by atoms with Gasteiger partial charge in [0.15, 0.2) is 11.5 Å². The number of ether oxygens (including phenoxy) is 2. The molecule has 1 aliphatic rings. The second-order valence-corrected chi connectivity index (χ2v) is 8.32. The van der Waals surface area contributed by atoms with Crippen molar-refractivity contribution in [1.82, 2.24) is 9.55 Å². The first-order valence-electron chi connectivity index (χ1n) is 9.15. The molecule has 0 saturated carbocycles. The summed E-state index contributed by atoms with van der Waals surface area (Å²) in [6, 6.07) is 18.5. The maximum atomic E-state index is 13.4. The lowest BCUT2D eigenvalue weighted by molar-refractivity contribution is 0.174. The highest BCUT2D eigenvalue weighted by molar-refractivity contribution is 14.1.